The molecule has 0 fully saturated rings. The minimum atomic E-state index is -0.0866. The van der Waals surface area contributed by atoms with Gasteiger partial charge < -0.3 is 10.1 Å². The van der Waals surface area contributed by atoms with Crippen LogP contribution >= 0.6 is 0 Å². The summed E-state index contributed by atoms with van der Waals surface area (Å²) in [6.45, 7) is 3.96. The lowest BCUT2D eigenvalue weighted by atomic mass is 10.1. The normalized spacial score (nSPS) is 12.0. The van der Waals surface area contributed by atoms with Crippen molar-refractivity contribution in [3.8, 4) is 5.75 Å². The van der Waals surface area contributed by atoms with Gasteiger partial charge in [0.05, 0.1) is 19.3 Å². The molecule has 2 rings (SSSR count). The zero-order chi connectivity index (χ0) is 15.4. The third-order valence-electron chi connectivity index (χ3n) is 3.50. The predicted molar refractivity (Wildman–Crippen MR) is 81.4 cm³/mol. The molecule has 0 saturated carbocycles. The summed E-state index contributed by atoms with van der Waals surface area (Å²) in [5.41, 5.74) is 2.59. The van der Waals surface area contributed by atoms with Crippen LogP contribution in [0.1, 0.15) is 40.9 Å². The van der Waals surface area contributed by atoms with Crippen molar-refractivity contribution in [2.75, 3.05) is 7.11 Å². The minimum Gasteiger partial charge on any atom is -0.496 e. The lowest BCUT2D eigenvalue weighted by Crippen LogP contribution is -2.28. The third kappa shape index (κ3) is 3.42. The Balaban J connectivity index is 2.14. The number of hydrogen-bond donors (Lipinski definition) is 1. The maximum Gasteiger partial charge on any atom is 0.251 e. The molecule has 0 saturated heterocycles. The molecule has 1 N–H and O–H groups in total. The van der Waals surface area contributed by atoms with Crippen molar-refractivity contribution >= 4 is 5.91 Å². The van der Waals surface area contributed by atoms with Crippen LogP contribution in [-0.4, -0.2) is 22.8 Å². The molecule has 0 aliphatic carbocycles. The van der Waals surface area contributed by atoms with E-state index < -0.39 is 0 Å². The van der Waals surface area contributed by atoms with Gasteiger partial charge in [-0.15, -0.1) is 0 Å². The number of benzene rings is 1. The molecule has 1 atom stereocenters. The second-order valence-electron chi connectivity index (χ2n) is 5.07. The van der Waals surface area contributed by atoms with Gasteiger partial charge in [-0.1, -0.05) is 6.92 Å². The molecule has 0 spiro atoms. The fourth-order valence-corrected chi connectivity index (χ4v) is 2.30. The van der Waals surface area contributed by atoms with Crippen molar-refractivity contribution < 1.29 is 9.53 Å². The van der Waals surface area contributed by atoms with Gasteiger partial charge in [0.25, 0.3) is 5.91 Å². The molecular formula is C16H21N3O2. The largest absolute Gasteiger partial charge is 0.496 e. The molecule has 0 radical (unpaired) electrons. The topological polar surface area (TPSA) is 56.1 Å². The van der Waals surface area contributed by atoms with Crippen molar-refractivity contribution in [2.24, 2.45) is 7.05 Å². The molecule has 21 heavy (non-hydrogen) atoms. The van der Waals surface area contributed by atoms with Gasteiger partial charge in [0.2, 0.25) is 0 Å². The van der Waals surface area contributed by atoms with E-state index in [1.165, 1.54) is 0 Å². The Bertz CT molecular complexity index is 634. The SMILES string of the molecule is CCC(NC(=O)c1ccc(OC)c(C)c1)c1cnn(C)c1. The smallest absolute Gasteiger partial charge is 0.251 e. The Hall–Kier alpha value is -2.30. The van der Waals surface area contributed by atoms with Crippen molar-refractivity contribution in [2.45, 2.75) is 26.3 Å². The number of hydrogen-bond acceptors (Lipinski definition) is 3. The molecule has 0 aliphatic heterocycles. The maximum absolute atomic E-state index is 12.4. The van der Waals surface area contributed by atoms with Crippen LogP contribution in [-0.2, 0) is 7.05 Å². The van der Waals surface area contributed by atoms with E-state index in [9.17, 15) is 4.79 Å². The van der Waals surface area contributed by atoms with E-state index in [0.29, 0.717) is 5.56 Å². The van der Waals surface area contributed by atoms with E-state index in [4.69, 9.17) is 4.74 Å². The van der Waals surface area contributed by atoms with Gasteiger partial charge >= 0.3 is 0 Å². The molecule has 1 unspecified atom stereocenters. The predicted octanol–water partition coefficient (Wildman–Crippen LogP) is 2.62. The second kappa shape index (κ2) is 6.43. The number of rotatable bonds is 5. The highest BCUT2D eigenvalue weighted by Gasteiger charge is 2.16. The lowest BCUT2D eigenvalue weighted by molar-refractivity contribution is 0.0935. The Kier molecular flexibility index (Phi) is 4.62. The van der Waals surface area contributed by atoms with Crippen LogP contribution < -0.4 is 10.1 Å². The Morgan fingerprint density at radius 3 is 2.76 bits per heavy atom. The van der Waals surface area contributed by atoms with E-state index in [0.717, 1.165) is 23.3 Å². The first-order valence-corrected chi connectivity index (χ1v) is 6.99. The second-order valence-corrected chi connectivity index (χ2v) is 5.07. The number of aryl methyl sites for hydroxylation is 2. The summed E-state index contributed by atoms with van der Waals surface area (Å²) >= 11 is 0. The minimum absolute atomic E-state index is 0.0337. The van der Waals surface area contributed by atoms with Crippen LogP contribution in [0.4, 0.5) is 0 Å². The van der Waals surface area contributed by atoms with Gasteiger partial charge in [-0.2, -0.15) is 5.10 Å². The molecule has 2 aromatic rings. The van der Waals surface area contributed by atoms with Crippen LogP contribution in [0.2, 0.25) is 0 Å². The van der Waals surface area contributed by atoms with Crippen LogP contribution in [0.25, 0.3) is 0 Å². The molecular weight excluding hydrogens is 266 g/mol. The summed E-state index contributed by atoms with van der Waals surface area (Å²) in [5, 5.41) is 7.20. The van der Waals surface area contributed by atoms with Crippen LogP contribution in [0.15, 0.2) is 30.6 Å². The molecule has 0 bridgehead atoms. The number of ether oxygens (including phenoxy) is 1. The standard InChI is InChI=1S/C16H21N3O2/c1-5-14(13-9-17-19(3)10-13)18-16(20)12-6-7-15(21-4)11(2)8-12/h6-10,14H,5H2,1-4H3,(H,18,20). The molecule has 0 aliphatic rings. The lowest BCUT2D eigenvalue weighted by Gasteiger charge is -2.16. The summed E-state index contributed by atoms with van der Waals surface area (Å²) in [5.74, 6) is 0.697. The first-order chi connectivity index (χ1) is 10.0. The van der Waals surface area contributed by atoms with Gasteiger partial charge in [-0.25, -0.2) is 0 Å². The van der Waals surface area contributed by atoms with Crippen LogP contribution in [0.3, 0.4) is 0 Å². The van der Waals surface area contributed by atoms with Crippen molar-refractivity contribution in [3.63, 3.8) is 0 Å². The average molecular weight is 287 g/mol. The summed E-state index contributed by atoms with van der Waals surface area (Å²) < 4.78 is 6.95. The Labute approximate surface area is 124 Å². The van der Waals surface area contributed by atoms with E-state index in [2.05, 4.69) is 10.4 Å². The zero-order valence-electron chi connectivity index (χ0n) is 12.9. The summed E-state index contributed by atoms with van der Waals surface area (Å²) in [6.07, 6.45) is 4.52. The monoisotopic (exact) mass is 287 g/mol. The first-order valence-electron chi connectivity index (χ1n) is 6.99. The van der Waals surface area contributed by atoms with E-state index in [1.807, 2.05) is 39.2 Å². The van der Waals surface area contributed by atoms with Gasteiger partial charge in [-0.05, 0) is 37.1 Å². The number of aromatic nitrogens is 2. The summed E-state index contributed by atoms with van der Waals surface area (Å²) in [4.78, 5) is 12.4. The fourth-order valence-electron chi connectivity index (χ4n) is 2.30. The van der Waals surface area contributed by atoms with Crippen molar-refractivity contribution in [1.29, 1.82) is 0 Å². The Morgan fingerprint density at radius 2 is 2.24 bits per heavy atom. The van der Waals surface area contributed by atoms with Gasteiger partial charge in [0.1, 0.15) is 5.75 Å². The molecule has 112 valence electrons. The number of carbonyl (C=O) groups excluding carboxylic acids is 1. The van der Waals surface area contributed by atoms with Gasteiger partial charge in [-0.3, -0.25) is 9.48 Å². The number of carbonyl (C=O) groups is 1. The zero-order valence-corrected chi connectivity index (χ0v) is 12.9. The van der Waals surface area contributed by atoms with E-state index >= 15 is 0 Å². The Morgan fingerprint density at radius 1 is 1.48 bits per heavy atom. The maximum atomic E-state index is 12.4. The van der Waals surface area contributed by atoms with E-state index in [1.54, 1.807) is 24.1 Å². The van der Waals surface area contributed by atoms with Crippen LogP contribution in [0, 0.1) is 6.92 Å². The van der Waals surface area contributed by atoms with Crippen molar-refractivity contribution in [1.82, 2.24) is 15.1 Å². The highest BCUT2D eigenvalue weighted by atomic mass is 16.5. The number of amides is 1. The number of methoxy groups -OCH3 is 1. The highest BCUT2D eigenvalue weighted by molar-refractivity contribution is 5.94. The van der Waals surface area contributed by atoms with E-state index in [-0.39, 0.29) is 11.9 Å². The fraction of sp³-hybridized carbons (Fsp3) is 0.375. The molecule has 1 aromatic heterocycles. The van der Waals surface area contributed by atoms with Gasteiger partial charge in [0.15, 0.2) is 0 Å². The van der Waals surface area contributed by atoms with Crippen LogP contribution in [0.5, 0.6) is 5.75 Å². The van der Waals surface area contributed by atoms with Gasteiger partial charge in [0, 0.05) is 24.4 Å². The number of nitrogens with one attached hydrogen (secondary N) is 1. The summed E-state index contributed by atoms with van der Waals surface area (Å²) in [6, 6.07) is 5.39. The number of nitrogens with zero attached hydrogens (tertiary/aromatic N) is 2. The molecule has 5 heteroatoms. The molecule has 1 aromatic carbocycles. The quantitative estimate of drug-likeness (QED) is 0.919. The third-order valence-corrected chi connectivity index (χ3v) is 3.50. The highest BCUT2D eigenvalue weighted by Crippen LogP contribution is 2.20. The van der Waals surface area contributed by atoms with Crippen molar-refractivity contribution in [3.05, 3.63) is 47.3 Å². The summed E-state index contributed by atoms with van der Waals surface area (Å²) in [7, 11) is 3.49. The first kappa shape index (κ1) is 15.1. The molecule has 1 amide bonds. The average Bonchev–Trinajstić information content (AvgIpc) is 2.90. The molecule has 1 heterocycles. The molecule has 5 nitrogen and oxygen atoms in total.